The zero-order chi connectivity index (χ0) is 19.6. The minimum atomic E-state index is -2.57. The Labute approximate surface area is 167 Å². The molecule has 0 saturated carbocycles. The van der Waals surface area contributed by atoms with Crippen LogP contribution in [0.1, 0.15) is 18.4 Å². The number of benzene rings is 3. The van der Waals surface area contributed by atoms with Crippen molar-refractivity contribution in [2.45, 2.75) is 12.8 Å². The predicted molar refractivity (Wildman–Crippen MR) is 121 cm³/mol. The molecular formula is C24H26N3P. The van der Waals surface area contributed by atoms with Gasteiger partial charge in [-0.05, 0) is 29.8 Å². The molecule has 1 heterocycles. The molecule has 1 N–H and O–H groups in total. The van der Waals surface area contributed by atoms with E-state index >= 15 is 0 Å². The molecule has 0 aromatic heterocycles. The van der Waals surface area contributed by atoms with Crippen molar-refractivity contribution in [1.82, 2.24) is 0 Å². The van der Waals surface area contributed by atoms with Crippen LogP contribution in [0.5, 0.6) is 0 Å². The summed E-state index contributed by atoms with van der Waals surface area (Å²) in [5.74, 6) is 0.113. The van der Waals surface area contributed by atoms with Crippen LogP contribution in [0.3, 0.4) is 0 Å². The van der Waals surface area contributed by atoms with Crippen LogP contribution in [0.4, 0.5) is 11.4 Å². The van der Waals surface area contributed by atoms with Crippen LogP contribution in [0, 0.1) is 5.16 Å². The molecule has 0 radical (unpaired) electrons. The van der Waals surface area contributed by atoms with E-state index < -0.39 is 7.36 Å². The Hall–Kier alpha value is -2.77. The molecule has 3 aromatic rings. The highest BCUT2D eigenvalue weighted by molar-refractivity contribution is 7.72. The molecule has 1 fully saturated rings. The molecule has 3 aromatic carbocycles. The van der Waals surface area contributed by atoms with Crippen molar-refractivity contribution in [3.8, 4) is 0 Å². The third kappa shape index (κ3) is 3.16. The molecule has 4 heteroatoms. The average Bonchev–Trinajstić information content (AvgIpc) is 3.12. The number of rotatable bonds is 5. The van der Waals surface area contributed by atoms with Crippen LogP contribution in [0.2, 0.25) is 0 Å². The number of hydrogen-bond donors (Lipinski definition) is 1. The van der Waals surface area contributed by atoms with E-state index in [-0.39, 0.29) is 5.92 Å². The van der Waals surface area contributed by atoms with Gasteiger partial charge in [-0.1, -0.05) is 80.2 Å². The SMILES string of the molecule is C=C(C(C)c1ccccc1)P1(=N)N(c2ccccc2)CCN1c1ccccc1. The summed E-state index contributed by atoms with van der Waals surface area (Å²) in [5.41, 5.74) is 3.42. The standard InChI is InChI=1S/C24H26N3P/c1-20(22-12-6-3-7-13-22)21(2)28(25)26(23-14-8-4-9-15-23)18-19-27(28)24-16-10-5-11-17-24/h3-17,20,25H,2,18-19H2,1H3. The number of anilines is 2. The lowest BCUT2D eigenvalue weighted by Gasteiger charge is -2.39. The predicted octanol–water partition coefficient (Wildman–Crippen LogP) is 6.94. The van der Waals surface area contributed by atoms with Crippen LogP contribution < -0.4 is 9.34 Å². The number of nitrogens with one attached hydrogen (secondary N) is 1. The van der Waals surface area contributed by atoms with Gasteiger partial charge in [0.1, 0.15) is 0 Å². The third-order valence-electron chi connectivity index (χ3n) is 5.53. The zero-order valence-corrected chi connectivity index (χ0v) is 17.1. The van der Waals surface area contributed by atoms with Crippen molar-refractivity contribution in [3.05, 3.63) is 108 Å². The highest BCUT2D eigenvalue weighted by Crippen LogP contribution is 2.68. The molecule has 142 valence electrons. The first-order valence-corrected chi connectivity index (χ1v) is 11.4. The second-order valence-electron chi connectivity index (χ2n) is 7.14. The number of hydrogen-bond acceptors (Lipinski definition) is 1. The molecule has 1 saturated heterocycles. The highest BCUT2D eigenvalue weighted by atomic mass is 31.2. The summed E-state index contributed by atoms with van der Waals surface area (Å²) < 4.78 is 4.56. The maximum absolute atomic E-state index is 9.82. The van der Waals surface area contributed by atoms with E-state index in [1.54, 1.807) is 0 Å². The van der Waals surface area contributed by atoms with E-state index in [4.69, 9.17) is 0 Å². The van der Waals surface area contributed by atoms with E-state index in [1.807, 2.05) is 42.5 Å². The van der Waals surface area contributed by atoms with Crippen LogP contribution in [-0.2, 0) is 0 Å². The monoisotopic (exact) mass is 387 g/mol. The number of allylic oxidation sites excluding steroid dienone is 1. The summed E-state index contributed by atoms with van der Waals surface area (Å²) in [5, 5.41) is 10.8. The molecule has 1 aliphatic heterocycles. The van der Waals surface area contributed by atoms with Crippen LogP contribution in [0.25, 0.3) is 0 Å². The van der Waals surface area contributed by atoms with E-state index in [9.17, 15) is 5.16 Å². The van der Waals surface area contributed by atoms with E-state index in [2.05, 4.69) is 71.4 Å². The number of nitrogens with zero attached hydrogens (tertiary/aromatic N) is 2. The summed E-state index contributed by atoms with van der Waals surface area (Å²) in [6, 6.07) is 31.1. The Morgan fingerprint density at radius 2 is 1.18 bits per heavy atom. The van der Waals surface area contributed by atoms with Gasteiger partial charge in [0.15, 0.2) is 7.36 Å². The molecule has 3 nitrogen and oxygen atoms in total. The minimum absolute atomic E-state index is 0.113. The zero-order valence-electron chi connectivity index (χ0n) is 16.2. The van der Waals surface area contributed by atoms with Gasteiger partial charge >= 0.3 is 0 Å². The Bertz CT molecular complexity index is 935. The summed E-state index contributed by atoms with van der Waals surface area (Å²) in [4.78, 5) is 0. The van der Waals surface area contributed by atoms with E-state index in [1.165, 1.54) is 5.56 Å². The van der Waals surface area contributed by atoms with E-state index in [0.717, 1.165) is 29.8 Å². The Kier molecular flexibility index (Phi) is 5.11. The van der Waals surface area contributed by atoms with Gasteiger partial charge in [0.05, 0.1) is 0 Å². The molecule has 1 unspecified atom stereocenters. The fourth-order valence-corrected chi connectivity index (χ4v) is 7.18. The van der Waals surface area contributed by atoms with Crippen molar-refractivity contribution < 1.29 is 0 Å². The normalized spacial score (nSPS) is 16.8. The van der Waals surface area contributed by atoms with Crippen LogP contribution in [0.15, 0.2) is 103 Å². The fourth-order valence-electron chi connectivity index (χ4n) is 3.92. The first kappa shape index (κ1) is 18.6. The van der Waals surface area contributed by atoms with Crippen molar-refractivity contribution in [3.63, 3.8) is 0 Å². The molecule has 28 heavy (non-hydrogen) atoms. The lowest BCUT2D eigenvalue weighted by molar-refractivity contribution is 0.943. The summed E-state index contributed by atoms with van der Waals surface area (Å²) in [6.45, 7) is 8.35. The van der Waals surface area contributed by atoms with Crippen molar-refractivity contribution in [2.75, 3.05) is 22.4 Å². The summed E-state index contributed by atoms with van der Waals surface area (Å²) in [6.07, 6.45) is 0. The van der Waals surface area contributed by atoms with Gasteiger partial charge in [-0.3, -0.25) is 5.16 Å². The summed E-state index contributed by atoms with van der Waals surface area (Å²) >= 11 is 0. The fraction of sp³-hybridized carbons (Fsp3) is 0.167. The largest absolute Gasteiger partial charge is 0.318 e. The van der Waals surface area contributed by atoms with Crippen LogP contribution >= 0.6 is 7.36 Å². The molecule has 1 aliphatic rings. The lowest BCUT2D eigenvalue weighted by atomic mass is 10.0. The smallest absolute Gasteiger partial charge is 0.168 e. The van der Waals surface area contributed by atoms with Gasteiger partial charge in [0, 0.05) is 35.7 Å². The van der Waals surface area contributed by atoms with Gasteiger partial charge in [-0.15, -0.1) is 0 Å². The Morgan fingerprint density at radius 1 is 0.786 bits per heavy atom. The maximum Gasteiger partial charge on any atom is 0.168 e. The topological polar surface area (TPSA) is 30.3 Å². The molecule has 0 spiro atoms. The Morgan fingerprint density at radius 3 is 1.61 bits per heavy atom. The molecule has 4 rings (SSSR count). The van der Waals surface area contributed by atoms with Gasteiger partial charge in [0.25, 0.3) is 0 Å². The van der Waals surface area contributed by atoms with Crippen molar-refractivity contribution in [2.24, 2.45) is 0 Å². The molecule has 0 bridgehead atoms. The number of para-hydroxylation sites is 2. The third-order valence-corrected chi connectivity index (χ3v) is 8.98. The second-order valence-corrected chi connectivity index (χ2v) is 9.88. The summed E-state index contributed by atoms with van der Waals surface area (Å²) in [7, 11) is -2.57. The molecule has 1 atom stereocenters. The molecule has 0 amide bonds. The van der Waals surface area contributed by atoms with Gasteiger partial charge in [-0.2, -0.15) is 0 Å². The van der Waals surface area contributed by atoms with Crippen molar-refractivity contribution in [1.29, 1.82) is 5.16 Å². The first-order chi connectivity index (χ1) is 13.6. The van der Waals surface area contributed by atoms with Gasteiger partial charge in [0.2, 0.25) is 0 Å². The Balaban J connectivity index is 1.80. The second kappa shape index (κ2) is 7.69. The highest BCUT2D eigenvalue weighted by Gasteiger charge is 2.43. The van der Waals surface area contributed by atoms with Crippen molar-refractivity contribution >= 4 is 18.7 Å². The average molecular weight is 387 g/mol. The quantitative estimate of drug-likeness (QED) is 0.481. The lowest BCUT2D eigenvalue weighted by Crippen LogP contribution is -2.21. The minimum Gasteiger partial charge on any atom is -0.318 e. The van der Waals surface area contributed by atoms with E-state index in [0.29, 0.717) is 0 Å². The van der Waals surface area contributed by atoms with Gasteiger partial charge < -0.3 is 9.34 Å². The van der Waals surface area contributed by atoms with Gasteiger partial charge in [-0.25, -0.2) is 0 Å². The van der Waals surface area contributed by atoms with Crippen LogP contribution in [-0.4, -0.2) is 13.1 Å². The molecule has 0 aliphatic carbocycles. The first-order valence-electron chi connectivity index (χ1n) is 9.67. The maximum atomic E-state index is 9.82. The molecular weight excluding hydrogens is 361 g/mol.